The molecule has 3 aliphatic heterocycles. The number of para-hydroxylation sites is 1. The molecule has 7 nitrogen and oxygen atoms in total. The van der Waals surface area contributed by atoms with E-state index < -0.39 is 11.6 Å². The van der Waals surface area contributed by atoms with Gasteiger partial charge in [0.15, 0.2) is 5.54 Å². The van der Waals surface area contributed by atoms with Crippen molar-refractivity contribution in [3.63, 3.8) is 0 Å². The van der Waals surface area contributed by atoms with Crippen LogP contribution in [-0.4, -0.2) is 41.5 Å². The Morgan fingerprint density at radius 1 is 1.21 bits per heavy atom. The first-order valence-corrected chi connectivity index (χ1v) is 9.54. The Morgan fingerprint density at radius 3 is 2.68 bits per heavy atom. The summed E-state index contributed by atoms with van der Waals surface area (Å²) in [5, 5.41) is 15.3. The highest BCUT2D eigenvalue weighted by Crippen LogP contribution is 2.57. The quantitative estimate of drug-likeness (QED) is 0.655. The average molecular weight is 379 g/mol. The predicted molar refractivity (Wildman–Crippen MR) is 103 cm³/mol. The standard InChI is InChI=1S/C21H21N3O4/c1-28-14-10-8-13(9-11-14)18-17-7-4-12-23(17)21(19(18)24(26)27)15-5-2-3-6-16(15)22-20(21)25/h2-3,5-6,8-11,17-19H,4,7,12H2,1H3,(H,22,25)/t17-,18+,19+,21+/m0/s1. The number of nitrogens with zero attached hydrogens (tertiary/aromatic N) is 2. The fourth-order valence-corrected chi connectivity index (χ4v) is 5.60. The molecule has 3 heterocycles. The zero-order valence-electron chi connectivity index (χ0n) is 15.5. The second kappa shape index (κ2) is 6.04. The lowest BCUT2D eigenvalue weighted by Crippen LogP contribution is -2.55. The van der Waals surface area contributed by atoms with Gasteiger partial charge >= 0.3 is 0 Å². The van der Waals surface area contributed by atoms with E-state index in [1.165, 1.54) is 0 Å². The number of nitro groups is 1. The third-order valence-corrected chi connectivity index (χ3v) is 6.59. The maximum Gasteiger partial charge on any atom is 0.256 e. The number of fused-ring (bicyclic) bond motifs is 4. The van der Waals surface area contributed by atoms with Crippen molar-refractivity contribution < 1.29 is 14.5 Å². The van der Waals surface area contributed by atoms with E-state index in [2.05, 4.69) is 10.2 Å². The molecular weight excluding hydrogens is 358 g/mol. The monoisotopic (exact) mass is 379 g/mol. The summed E-state index contributed by atoms with van der Waals surface area (Å²) in [5.74, 6) is 0.0694. The van der Waals surface area contributed by atoms with Gasteiger partial charge in [0.1, 0.15) is 5.75 Å². The minimum absolute atomic E-state index is 0.0410. The first-order valence-electron chi connectivity index (χ1n) is 9.54. The Balaban J connectivity index is 1.72. The van der Waals surface area contributed by atoms with Crippen molar-refractivity contribution in [1.29, 1.82) is 0 Å². The molecule has 0 radical (unpaired) electrons. The Hall–Kier alpha value is -2.93. The molecule has 0 bridgehead atoms. The number of hydrogen-bond donors (Lipinski definition) is 1. The van der Waals surface area contributed by atoms with Gasteiger partial charge in [-0.2, -0.15) is 0 Å². The molecule has 3 aliphatic rings. The lowest BCUT2D eigenvalue weighted by molar-refractivity contribution is -0.534. The lowest BCUT2D eigenvalue weighted by atomic mass is 9.77. The number of amides is 1. The molecule has 1 spiro atoms. The largest absolute Gasteiger partial charge is 0.497 e. The van der Waals surface area contributed by atoms with Crippen LogP contribution in [0.15, 0.2) is 48.5 Å². The minimum Gasteiger partial charge on any atom is -0.497 e. The summed E-state index contributed by atoms with van der Waals surface area (Å²) in [5.41, 5.74) is 1.03. The molecule has 0 aromatic heterocycles. The molecule has 2 aromatic rings. The molecule has 0 aliphatic carbocycles. The van der Waals surface area contributed by atoms with Gasteiger partial charge in [0.05, 0.1) is 13.0 Å². The van der Waals surface area contributed by atoms with Crippen molar-refractivity contribution in [2.24, 2.45) is 0 Å². The first kappa shape index (κ1) is 17.2. The third-order valence-electron chi connectivity index (χ3n) is 6.59. The number of ether oxygens (including phenoxy) is 1. The van der Waals surface area contributed by atoms with E-state index in [-0.39, 0.29) is 22.8 Å². The van der Waals surface area contributed by atoms with E-state index in [0.717, 1.165) is 24.0 Å². The number of anilines is 1. The van der Waals surface area contributed by atoms with Crippen LogP contribution < -0.4 is 10.1 Å². The molecule has 144 valence electrons. The molecule has 2 fully saturated rings. The van der Waals surface area contributed by atoms with E-state index in [1.807, 2.05) is 48.5 Å². The van der Waals surface area contributed by atoms with Gasteiger partial charge in [-0.3, -0.25) is 19.8 Å². The van der Waals surface area contributed by atoms with Gasteiger partial charge in [-0.15, -0.1) is 0 Å². The number of nitrogens with one attached hydrogen (secondary N) is 1. The fraction of sp³-hybridized carbons (Fsp3) is 0.381. The molecule has 2 aromatic carbocycles. The predicted octanol–water partition coefficient (Wildman–Crippen LogP) is 2.75. The molecule has 28 heavy (non-hydrogen) atoms. The Morgan fingerprint density at radius 2 is 1.96 bits per heavy atom. The van der Waals surface area contributed by atoms with Crippen molar-refractivity contribution in [1.82, 2.24) is 4.90 Å². The van der Waals surface area contributed by atoms with Crippen molar-refractivity contribution >= 4 is 11.6 Å². The highest BCUT2D eigenvalue weighted by molar-refractivity contribution is 6.07. The van der Waals surface area contributed by atoms with Gasteiger partial charge in [-0.05, 0) is 36.6 Å². The van der Waals surface area contributed by atoms with Crippen molar-refractivity contribution in [3.8, 4) is 5.75 Å². The van der Waals surface area contributed by atoms with E-state index >= 15 is 0 Å². The van der Waals surface area contributed by atoms with Crippen LogP contribution in [0.3, 0.4) is 0 Å². The molecule has 7 heteroatoms. The smallest absolute Gasteiger partial charge is 0.256 e. The molecule has 0 unspecified atom stereocenters. The second-order valence-corrected chi connectivity index (χ2v) is 7.70. The summed E-state index contributed by atoms with van der Waals surface area (Å²) in [6, 6.07) is 13.7. The van der Waals surface area contributed by atoms with Crippen LogP contribution in [0.2, 0.25) is 0 Å². The van der Waals surface area contributed by atoms with Crippen molar-refractivity contribution in [3.05, 3.63) is 69.8 Å². The van der Waals surface area contributed by atoms with Crippen LogP contribution in [0.5, 0.6) is 5.75 Å². The molecule has 0 saturated carbocycles. The zero-order chi connectivity index (χ0) is 19.5. The lowest BCUT2D eigenvalue weighted by Gasteiger charge is -2.32. The first-order chi connectivity index (χ1) is 13.6. The SMILES string of the molecule is COc1ccc([C@@H]2[C@@H]3CCCN3[C@@]3(C(=O)Nc4ccccc43)[C@@H]2[N+](=O)[O-])cc1. The highest BCUT2D eigenvalue weighted by atomic mass is 16.6. The number of benzene rings is 2. The number of rotatable bonds is 3. The zero-order valence-corrected chi connectivity index (χ0v) is 15.5. The van der Waals surface area contributed by atoms with Gasteiger partial charge in [-0.25, -0.2) is 0 Å². The summed E-state index contributed by atoms with van der Waals surface area (Å²) in [7, 11) is 1.60. The van der Waals surface area contributed by atoms with Gasteiger partial charge < -0.3 is 10.1 Å². The van der Waals surface area contributed by atoms with Gasteiger partial charge in [0.25, 0.3) is 11.9 Å². The number of carbonyl (C=O) groups excluding carboxylic acids is 1. The van der Waals surface area contributed by atoms with Crippen LogP contribution in [0.25, 0.3) is 0 Å². The van der Waals surface area contributed by atoms with Crippen LogP contribution in [-0.2, 0) is 10.3 Å². The molecular formula is C21H21N3O4. The number of carbonyl (C=O) groups is 1. The second-order valence-electron chi connectivity index (χ2n) is 7.70. The van der Waals surface area contributed by atoms with E-state index in [4.69, 9.17) is 4.74 Å². The van der Waals surface area contributed by atoms with Crippen LogP contribution in [0.4, 0.5) is 5.69 Å². The molecule has 2 saturated heterocycles. The fourth-order valence-electron chi connectivity index (χ4n) is 5.60. The number of hydrogen-bond acceptors (Lipinski definition) is 5. The molecule has 1 amide bonds. The van der Waals surface area contributed by atoms with Crippen LogP contribution >= 0.6 is 0 Å². The van der Waals surface area contributed by atoms with E-state index in [1.54, 1.807) is 7.11 Å². The van der Waals surface area contributed by atoms with E-state index in [9.17, 15) is 14.9 Å². The van der Waals surface area contributed by atoms with Crippen molar-refractivity contribution in [2.75, 3.05) is 19.0 Å². The van der Waals surface area contributed by atoms with Crippen molar-refractivity contribution in [2.45, 2.75) is 36.4 Å². The topological polar surface area (TPSA) is 84.7 Å². The number of methoxy groups -OCH3 is 1. The minimum atomic E-state index is -1.26. The van der Waals surface area contributed by atoms with Gasteiger partial charge in [0.2, 0.25) is 0 Å². The average Bonchev–Trinajstić information content (AvgIpc) is 3.35. The Labute approximate surface area is 162 Å². The molecule has 1 N–H and O–H groups in total. The van der Waals surface area contributed by atoms with Crippen LogP contribution in [0, 0.1) is 10.1 Å². The van der Waals surface area contributed by atoms with Gasteiger partial charge in [-0.1, -0.05) is 30.3 Å². The maximum absolute atomic E-state index is 13.3. The summed E-state index contributed by atoms with van der Waals surface area (Å²) in [4.78, 5) is 27.6. The third kappa shape index (κ3) is 2.05. The Bertz CT molecular complexity index is 960. The molecule has 4 atom stereocenters. The maximum atomic E-state index is 13.3. The molecule has 5 rings (SSSR count). The summed E-state index contributed by atoms with van der Waals surface area (Å²) < 4.78 is 5.24. The summed E-state index contributed by atoms with van der Waals surface area (Å²) >= 11 is 0. The Kier molecular flexibility index (Phi) is 3.71. The normalized spacial score (nSPS) is 30.9. The highest BCUT2D eigenvalue weighted by Gasteiger charge is 2.73. The van der Waals surface area contributed by atoms with Gasteiger partial charge in [0, 0.05) is 28.8 Å². The van der Waals surface area contributed by atoms with E-state index in [0.29, 0.717) is 18.0 Å². The summed E-state index contributed by atoms with van der Waals surface area (Å²) in [6.07, 6.45) is 1.77. The summed E-state index contributed by atoms with van der Waals surface area (Å²) in [6.45, 7) is 0.684. The van der Waals surface area contributed by atoms with Crippen LogP contribution in [0.1, 0.15) is 29.9 Å².